The maximum atomic E-state index is 9.15. The van der Waals surface area contributed by atoms with Gasteiger partial charge in [0.1, 0.15) is 0 Å². The summed E-state index contributed by atoms with van der Waals surface area (Å²) >= 11 is 12.2. The van der Waals surface area contributed by atoms with Crippen LogP contribution in [0.2, 0.25) is 10.0 Å². The van der Waals surface area contributed by atoms with Crippen LogP contribution >= 0.6 is 23.2 Å². The largest absolute Gasteiger partial charge is 0.396 e. The summed E-state index contributed by atoms with van der Waals surface area (Å²) in [5.41, 5.74) is 1.45. The monoisotopic (exact) mass is 315 g/mol. The third-order valence-corrected chi connectivity index (χ3v) is 5.38. The van der Waals surface area contributed by atoms with E-state index in [1.807, 2.05) is 12.1 Å². The second kappa shape index (κ2) is 6.65. The molecule has 0 aromatic heterocycles. The smallest absolute Gasteiger partial charge is 0.0595 e. The van der Waals surface area contributed by atoms with Crippen molar-refractivity contribution in [3.8, 4) is 0 Å². The third kappa shape index (κ3) is 2.99. The summed E-state index contributed by atoms with van der Waals surface area (Å²) in [5.74, 6) is 0. The van der Waals surface area contributed by atoms with Gasteiger partial charge in [-0.1, -0.05) is 35.7 Å². The minimum atomic E-state index is 0.160. The molecule has 2 rings (SSSR count). The van der Waals surface area contributed by atoms with E-state index >= 15 is 0 Å². The molecule has 1 aliphatic carbocycles. The quantitative estimate of drug-likeness (QED) is 0.853. The van der Waals surface area contributed by atoms with Crippen molar-refractivity contribution in [1.82, 2.24) is 4.90 Å². The van der Waals surface area contributed by atoms with E-state index in [2.05, 4.69) is 25.1 Å². The highest BCUT2D eigenvalue weighted by atomic mass is 35.5. The van der Waals surface area contributed by atoms with Crippen LogP contribution in [-0.4, -0.2) is 36.8 Å². The Bertz CT molecular complexity index is 458. The molecule has 1 N–H and O–H groups in total. The highest BCUT2D eigenvalue weighted by molar-refractivity contribution is 6.42. The molecule has 0 amide bonds. The summed E-state index contributed by atoms with van der Waals surface area (Å²) in [6, 6.07) is 6.47. The molecule has 0 aliphatic heterocycles. The summed E-state index contributed by atoms with van der Waals surface area (Å²) in [4.78, 5) is 2.29. The molecule has 20 heavy (non-hydrogen) atoms. The highest BCUT2D eigenvalue weighted by Gasteiger charge is 2.46. The van der Waals surface area contributed by atoms with Gasteiger partial charge in [-0.2, -0.15) is 0 Å². The van der Waals surface area contributed by atoms with Gasteiger partial charge in [-0.3, -0.25) is 0 Å². The second-order valence-corrected chi connectivity index (χ2v) is 6.80. The van der Waals surface area contributed by atoms with Gasteiger partial charge >= 0.3 is 0 Å². The number of aliphatic hydroxyl groups is 1. The van der Waals surface area contributed by atoms with Crippen LogP contribution in [0.3, 0.4) is 0 Å². The van der Waals surface area contributed by atoms with Crippen molar-refractivity contribution in [2.45, 2.75) is 43.6 Å². The lowest BCUT2D eigenvalue weighted by Gasteiger charge is -2.51. The lowest BCUT2D eigenvalue weighted by atomic mass is 9.59. The lowest BCUT2D eigenvalue weighted by molar-refractivity contribution is 0.0840. The van der Waals surface area contributed by atoms with E-state index in [0.29, 0.717) is 16.1 Å². The number of nitrogens with zero attached hydrogens (tertiary/aromatic N) is 1. The number of hydrogen-bond donors (Lipinski definition) is 1. The summed E-state index contributed by atoms with van der Waals surface area (Å²) < 4.78 is 0. The zero-order valence-corrected chi connectivity index (χ0v) is 13.7. The predicted octanol–water partition coefficient (Wildman–Crippen LogP) is 4.12. The van der Waals surface area contributed by atoms with Gasteiger partial charge in [0.25, 0.3) is 0 Å². The molecule has 1 aromatic carbocycles. The number of benzene rings is 1. The van der Waals surface area contributed by atoms with Gasteiger partial charge in [0.2, 0.25) is 0 Å². The zero-order valence-electron chi connectivity index (χ0n) is 12.2. The molecule has 0 heterocycles. The lowest BCUT2D eigenvalue weighted by Crippen LogP contribution is -2.52. The number of likely N-dealkylation sites (N-methyl/N-ethyl adjacent to an activating group) is 1. The van der Waals surface area contributed by atoms with E-state index < -0.39 is 0 Å². The van der Waals surface area contributed by atoms with Gasteiger partial charge in [0.15, 0.2) is 0 Å². The number of rotatable bonds is 6. The zero-order chi connectivity index (χ0) is 14.8. The summed E-state index contributed by atoms with van der Waals surface area (Å²) in [5, 5.41) is 10.4. The van der Waals surface area contributed by atoms with Gasteiger partial charge in [-0.05, 0) is 57.5 Å². The molecule has 1 aliphatic rings. The van der Waals surface area contributed by atoms with Crippen LogP contribution in [0, 0.1) is 0 Å². The number of hydrogen-bond acceptors (Lipinski definition) is 2. The van der Waals surface area contributed by atoms with E-state index in [4.69, 9.17) is 28.3 Å². The van der Waals surface area contributed by atoms with Crippen molar-refractivity contribution >= 4 is 23.2 Å². The molecular formula is C16H23Cl2NO. The van der Waals surface area contributed by atoms with Crippen molar-refractivity contribution in [3.05, 3.63) is 33.8 Å². The molecule has 1 aromatic rings. The third-order valence-electron chi connectivity index (χ3n) is 4.64. The Hall–Kier alpha value is -0.280. The first-order chi connectivity index (χ1) is 9.51. The van der Waals surface area contributed by atoms with Crippen molar-refractivity contribution in [1.29, 1.82) is 0 Å². The molecule has 2 nitrogen and oxygen atoms in total. The second-order valence-electron chi connectivity index (χ2n) is 5.98. The van der Waals surface area contributed by atoms with Gasteiger partial charge in [-0.15, -0.1) is 0 Å². The maximum Gasteiger partial charge on any atom is 0.0595 e. The Kier molecular flexibility index (Phi) is 5.36. The summed E-state index contributed by atoms with van der Waals surface area (Å²) in [6.07, 6.45) is 5.46. The molecule has 0 saturated heterocycles. The summed E-state index contributed by atoms with van der Waals surface area (Å²) in [7, 11) is 4.25. The van der Waals surface area contributed by atoms with Crippen LogP contribution in [0.15, 0.2) is 18.2 Å². The Labute approximate surface area is 131 Å². The van der Waals surface area contributed by atoms with Gasteiger partial charge in [0.05, 0.1) is 10.0 Å². The predicted molar refractivity (Wildman–Crippen MR) is 85.8 cm³/mol. The average molecular weight is 316 g/mol. The van der Waals surface area contributed by atoms with Crippen molar-refractivity contribution in [3.63, 3.8) is 0 Å². The average Bonchev–Trinajstić information content (AvgIpc) is 2.35. The molecule has 1 atom stereocenters. The Balaban J connectivity index is 2.33. The van der Waals surface area contributed by atoms with Gasteiger partial charge in [-0.25, -0.2) is 0 Å². The van der Waals surface area contributed by atoms with E-state index in [0.717, 1.165) is 12.8 Å². The van der Waals surface area contributed by atoms with Crippen LogP contribution < -0.4 is 0 Å². The maximum absolute atomic E-state index is 9.15. The minimum absolute atomic E-state index is 0.160. The van der Waals surface area contributed by atoms with Crippen LogP contribution in [-0.2, 0) is 5.41 Å². The fourth-order valence-electron chi connectivity index (χ4n) is 3.49. The van der Waals surface area contributed by atoms with Crippen LogP contribution in [0.25, 0.3) is 0 Å². The first kappa shape index (κ1) is 16.1. The van der Waals surface area contributed by atoms with Crippen LogP contribution in [0.1, 0.15) is 37.7 Å². The van der Waals surface area contributed by atoms with Crippen molar-refractivity contribution in [2.75, 3.05) is 20.7 Å². The highest BCUT2D eigenvalue weighted by Crippen LogP contribution is 2.49. The molecular weight excluding hydrogens is 293 g/mol. The van der Waals surface area contributed by atoms with E-state index in [1.165, 1.54) is 24.8 Å². The molecule has 0 bridgehead atoms. The fourth-order valence-corrected chi connectivity index (χ4v) is 3.79. The Morgan fingerprint density at radius 2 is 1.95 bits per heavy atom. The SMILES string of the molecule is CN(C)C(CCCO)C1(c2ccc(Cl)c(Cl)c2)CCC1. The van der Waals surface area contributed by atoms with E-state index in [-0.39, 0.29) is 12.0 Å². The number of aliphatic hydroxyl groups excluding tert-OH is 1. The van der Waals surface area contributed by atoms with E-state index in [1.54, 1.807) is 0 Å². The number of halogens is 2. The molecule has 4 heteroatoms. The molecule has 0 radical (unpaired) electrons. The first-order valence-corrected chi connectivity index (χ1v) is 7.99. The van der Waals surface area contributed by atoms with Gasteiger partial charge < -0.3 is 10.0 Å². The Morgan fingerprint density at radius 1 is 1.25 bits per heavy atom. The minimum Gasteiger partial charge on any atom is -0.396 e. The Morgan fingerprint density at radius 3 is 2.40 bits per heavy atom. The van der Waals surface area contributed by atoms with Crippen molar-refractivity contribution < 1.29 is 5.11 Å². The fraction of sp³-hybridized carbons (Fsp3) is 0.625. The van der Waals surface area contributed by atoms with Crippen LogP contribution in [0.4, 0.5) is 0 Å². The molecule has 0 spiro atoms. The van der Waals surface area contributed by atoms with Gasteiger partial charge in [0, 0.05) is 18.1 Å². The molecule has 1 unspecified atom stereocenters. The van der Waals surface area contributed by atoms with Crippen LogP contribution in [0.5, 0.6) is 0 Å². The van der Waals surface area contributed by atoms with Crippen molar-refractivity contribution in [2.24, 2.45) is 0 Å². The summed E-state index contributed by atoms with van der Waals surface area (Å²) in [6.45, 7) is 0.252. The van der Waals surface area contributed by atoms with E-state index in [9.17, 15) is 0 Å². The topological polar surface area (TPSA) is 23.5 Å². The standard InChI is InChI=1S/C16H23Cl2NO/c1-19(2)15(5-3-10-20)16(8-4-9-16)12-6-7-13(17)14(18)11-12/h6-7,11,15,20H,3-5,8-10H2,1-2H3. The normalized spacial score (nSPS) is 18.9. The molecule has 1 fully saturated rings. The molecule has 1 saturated carbocycles. The molecule has 112 valence electrons. The first-order valence-electron chi connectivity index (χ1n) is 7.24.